The van der Waals surface area contributed by atoms with Crippen LogP contribution in [-0.2, 0) is 11.2 Å². The van der Waals surface area contributed by atoms with Gasteiger partial charge in [-0.2, -0.15) is 0 Å². The van der Waals surface area contributed by atoms with Crippen molar-refractivity contribution in [2.45, 2.75) is 33.2 Å². The Kier molecular flexibility index (Phi) is 8.26. The number of carbonyl (C=O) groups excluding carboxylic acids is 1. The fourth-order valence-corrected chi connectivity index (χ4v) is 1.75. The molecule has 0 aliphatic rings. The van der Waals surface area contributed by atoms with Crippen molar-refractivity contribution in [2.75, 3.05) is 13.7 Å². The van der Waals surface area contributed by atoms with E-state index in [1.807, 2.05) is 32.9 Å². The third-order valence-corrected chi connectivity index (χ3v) is 3.39. The van der Waals surface area contributed by atoms with Gasteiger partial charge in [0.05, 0.1) is 7.11 Å². The molecule has 1 aromatic rings. The molecule has 1 rings (SSSR count). The highest BCUT2D eigenvalue weighted by molar-refractivity contribution is 5.85. The Hall–Kier alpha value is -1.26. The van der Waals surface area contributed by atoms with E-state index in [9.17, 15) is 4.79 Å². The largest absolute Gasteiger partial charge is 0.496 e. The molecule has 0 saturated heterocycles. The average molecular weight is 301 g/mol. The second-order valence-electron chi connectivity index (χ2n) is 4.99. The van der Waals surface area contributed by atoms with Crippen molar-refractivity contribution in [1.29, 1.82) is 0 Å². The Labute approximate surface area is 127 Å². The molecule has 2 unspecified atom stereocenters. The van der Waals surface area contributed by atoms with E-state index in [0.29, 0.717) is 6.54 Å². The zero-order valence-corrected chi connectivity index (χ0v) is 13.4. The molecule has 3 N–H and O–H groups in total. The van der Waals surface area contributed by atoms with Gasteiger partial charge in [-0.1, -0.05) is 19.1 Å². The molecule has 0 heterocycles. The normalized spacial score (nSPS) is 13.1. The summed E-state index contributed by atoms with van der Waals surface area (Å²) in [6.45, 7) is 6.31. The minimum atomic E-state index is -0.160. The minimum absolute atomic E-state index is 0. The molecule has 0 bridgehead atoms. The topological polar surface area (TPSA) is 64.3 Å². The van der Waals surface area contributed by atoms with Crippen molar-refractivity contribution in [3.8, 4) is 5.75 Å². The second kappa shape index (κ2) is 8.82. The van der Waals surface area contributed by atoms with E-state index in [1.54, 1.807) is 7.11 Å². The van der Waals surface area contributed by atoms with Crippen molar-refractivity contribution in [2.24, 2.45) is 11.7 Å². The molecule has 0 aromatic heterocycles. The Morgan fingerprint density at radius 2 is 2.05 bits per heavy atom. The van der Waals surface area contributed by atoms with E-state index in [4.69, 9.17) is 10.5 Å². The minimum Gasteiger partial charge on any atom is -0.496 e. The lowest BCUT2D eigenvalue weighted by atomic mass is 10.0. The summed E-state index contributed by atoms with van der Waals surface area (Å²) in [5.74, 6) is 0.731. The molecule has 0 radical (unpaired) electrons. The summed E-state index contributed by atoms with van der Waals surface area (Å²) in [6.07, 6.45) is 0.786. The van der Waals surface area contributed by atoms with Crippen molar-refractivity contribution in [3.05, 3.63) is 29.3 Å². The number of aryl methyl sites for hydroxylation is 1. The van der Waals surface area contributed by atoms with Crippen LogP contribution in [-0.4, -0.2) is 25.6 Å². The monoisotopic (exact) mass is 300 g/mol. The van der Waals surface area contributed by atoms with Crippen molar-refractivity contribution >= 4 is 18.3 Å². The Bertz CT molecular complexity index is 436. The number of benzene rings is 1. The van der Waals surface area contributed by atoms with Crippen LogP contribution in [0.3, 0.4) is 0 Å². The van der Waals surface area contributed by atoms with Gasteiger partial charge >= 0.3 is 0 Å². The maximum atomic E-state index is 11.7. The fourth-order valence-electron chi connectivity index (χ4n) is 1.75. The highest BCUT2D eigenvalue weighted by atomic mass is 35.5. The molecule has 0 spiro atoms. The van der Waals surface area contributed by atoms with Gasteiger partial charge in [0.2, 0.25) is 5.91 Å². The number of carbonyl (C=O) groups is 1. The molecule has 2 atom stereocenters. The molecule has 5 heteroatoms. The first-order valence-corrected chi connectivity index (χ1v) is 6.62. The van der Waals surface area contributed by atoms with Crippen LogP contribution >= 0.6 is 12.4 Å². The number of nitrogens with one attached hydrogen (secondary N) is 1. The van der Waals surface area contributed by atoms with Gasteiger partial charge in [0.25, 0.3) is 0 Å². The van der Waals surface area contributed by atoms with Crippen LogP contribution in [0.1, 0.15) is 25.0 Å². The van der Waals surface area contributed by atoms with Crippen molar-refractivity contribution < 1.29 is 9.53 Å². The van der Waals surface area contributed by atoms with Gasteiger partial charge in [-0.25, -0.2) is 0 Å². The van der Waals surface area contributed by atoms with Crippen LogP contribution < -0.4 is 15.8 Å². The number of amides is 1. The first-order chi connectivity index (χ1) is 8.95. The van der Waals surface area contributed by atoms with Crippen LogP contribution in [0.15, 0.2) is 18.2 Å². The predicted molar refractivity (Wildman–Crippen MR) is 84.5 cm³/mol. The molecule has 4 nitrogen and oxygen atoms in total. The summed E-state index contributed by atoms with van der Waals surface area (Å²) in [6, 6.07) is 5.97. The molecule has 20 heavy (non-hydrogen) atoms. The molecular formula is C15H25ClN2O2. The third-order valence-electron chi connectivity index (χ3n) is 3.39. The molecule has 1 aromatic carbocycles. The fraction of sp³-hybridized carbons (Fsp3) is 0.533. The lowest BCUT2D eigenvalue weighted by molar-refractivity contribution is -0.124. The number of methoxy groups -OCH3 is 1. The van der Waals surface area contributed by atoms with E-state index in [1.165, 1.54) is 0 Å². The number of halogens is 1. The Morgan fingerprint density at radius 1 is 1.40 bits per heavy atom. The molecule has 0 aliphatic carbocycles. The van der Waals surface area contributed by atoms with Crippen LogP contribution in [0.2, 0.25) is 0 Å². The first-order valence-electron chi connectivity index (χ1n) is 6.62. The van der Waals surface area contributed by atoms with Crippen LogP contribution in [0.5, 0.6) is 5.75 Å². The molecular weight excluding hydrogens is 276 g/mol. The van der Waals surface area contributed by atoms with Crippen molar-refractivity contribution in [1.82, 2.24) is 5.32 Å². The molecule has 0 fully saturated rings. The maximum absolute atomic E-state index is 11.7. The summed E-state index contributed by atoms with van der Waals surface area (Å²) in [5, 5.41) is 2.90. The van der Waals surface area contributed by atoms with E-state index >= 15 is 0 Å². The van der Waals surface area contributed by atoms with E-state index < -0.39 is 0 Å². The van der Waals surface area contributed by atoms with Crippen molar-refractivity contribution in [3.63, 3.8) is 0 Å². The highest BCUT2D eigenvalue weighted by Crippen LogP contribution is 2.19. The highest BCUT2D eigenvalue weighted by Gasteiger charge is 2.16. The van der Waals surface area contributed by atoms with Gasteiger partial charge in [-0.3, -0.25) is 4.79 Å². The molecule has 114 valence electrons. The standard InChI is InChI=1S/C15H24N2O2.ClH/c1-10-5-6-13(9-14(10)19-4)7-8-17-15(18)11(2)12(3)16;/h5-6,9,11-12H,7-8,16H2,1-4H3,(H,17,18);1H. The predicted octanol–water partition coefficient (Wildman–Crippen LogP) is 2.07. The van der Waals surface area contributed by atoms with Crippen LogP contribution in [0.4, 0.5) is 0 Å². The Balaban J connectivity index is 0.00000361. The molecule has 0 aliphatic heterocycles. The van der Waals surface area contributed by atoms with E-state index in [0.717, 1.165) is 23.3 Å². The summed E-state index contributed by atoms with van der Waals surface area (Å²) >= 11 is 0. The van der Waals surface area contributed by atoms with Gasteiger partial charge < -0.3 is 15.8 Å². The zero-order chi connectivity index (χ0) is 14.4. The van der Waals surface area contributed by atoms with E-state index in [-0.39, 0.29) is 30.3 Å². The summed E-state index contributed by atoms with van der Waals surface area (Å²) in [5.41, 5.74) is 7.96. The SMILES string of the molecule is COc1cc(CCNC(=O)C(C)C(C)N)ccc1C.Cl. The lowest BCUT2D eigenvalue weighted by Crippen LogP contribution is -2.39. The zero-order valence-electron chi connectivity index (χ0n) is 12.6. The summed E-state index contributed by atoms with van der Waals surface area (Å²) in [4.78, 5) is 11.7. The number of hydrogen-bond donors (Lipinski definition) is 2. The summed E-state index contributed by atoms with van der Waals surface area (Å²) < 4.78 is 5.28. The second-order valence-corrected chi connectivity index (χ2v) is 4.99. The quantitative estimate of drug-likeness (QED) is 0.845. The maximum Gasteiger partial charge on any atom is 0.224 e. The van der Waals surface area contributed by atoms with Gasteiger partial charge in [0.15, 0.2) is 0 Å². The van der Waals surface area contributed by atoms with Crippen LogP contribution in [0, 0.1) is 12.8 Å². The van der Waals surface area contributed by atoms with Gasteiger partial charge in [-0.05, 0) is 37.5 Å². The number of ether oxygens (including phenoxy) is 1. The number of rotatable bonds is 6. The number of nitrogens with two attached hydrogens (primary N) is 1. The average Bonchev–Trinajstić information content (AvgIpc) is 2.39. The smallest absolute Gasteiger partial charge is 0.224 e. The third kappa shape index (κ3) is 5.39. The number of hydrogen-bond acceptors (Lipinski definition) is 3. The van der Waals surface area contributed by atoms with Gasteiger partial charge in [0.1, 0.15) is 5.75 Å². The van der Waals surface area contributed by atoms with Gasteiger partial charge in [-0.15, -0.1) is 12.4 Å². The molecule has 1 amide bonds. The summed E-state index contributed by atoms with van der Waals surface area (Å²) in [7, 11) is 1.66. The van der Waals surface area contributed by atoms with Crippen LogP contribution in [0.25, 0.3) is 0 Å². The Morgan fingerprint density at radius 3 is 2.60 bits per heavy atom. The van der Waals surface area contributed by atoms with Gasteiger partial charge in [0, 0.05) is 18.5 Å². The van der Waals surface area contributed by atoms with E-state index in [2.05, 4.69) is 11.4 Å². The first kappa shape index (κ1) is 18.7. The molecule has 0 saturated carbocycles. The lowest BCUT2D eigenvalue weighted by Gasteiger charge is -2.15.